The Balaban J connectivity index is 2.80. The third-order valence-electron chi connectivity index (χ3n) is 0. The van der Waals surface area contributed by atoms with E-state index in [0.29, 0.717) is 0 Å². The first-order valence-corrected chi connectivity index (χ1v) is 6.24. The molecule has 0 aliphatic heterocycles. The first-order chi connectivity index (χ1) is 1.73. The maximum atomic E-state index is 9.48. The summed E-state index contributed by atoms with van der Waals surface area (Å²) in [5.41, 5.74) is 0. The second kappa shape index (κ2) is 2.38. The molecule has 0 N–H and O–H groups in total. The van der Waals surface area contributed by atoms with Crippen molar-refractivity contribution < 1.29 is 4.57 Å². The fourth-order valence-electron chi connectivity index (χ4n) is 0. The number of rotatable bonds is 0. The van der Waals surface area contributed by atoms with E-state index in [-0.39, 0.29) is 0 Å². The van der Waals surface area contributed by atoms with Crippen LogP contribution in [0.1, 0.15) is 0 Å². The molecule has 0 bridgehead atoms. The van der Waals surface area contributed by atoms with Gasteiger partial charge in [-0.2, -0.15) is 0 Å². The van der Waals surface area contributed by atoms with Crippen molar-refractivity contribution in [2.75, 3.05) is 0 Å². The van der Waals surface area contributed by atoms with Gasteiger partial charge in [-0.25, -0.2) is 0 Å². The van der Waals surface area contributed by atoms with E-state index < -0.39 is 5.18 Å². The summed E-state index contributed by atoms with van der Waals surface area (Å²) in [6, 6.07) is 0. The van der Waals surface area contributed by atoms with E-state index in [1.165, 1.54) is 0 Å². The van der Waals surface area contributed by atoms with E-state index in [2.05, 4.69) is 31.1 Å². The topological polar surface area (TPSA) is 17.1 Å². The van der Waals surface area contributed by atoms with Gasteiger partial charge >= 0.3 is 40.9 Å². The van der Waals surface area contributed by atoms with Crippen LogP contribution in [0.2, 0.25) is 0 Å². The van der Waals surface area contributed by atoms with Crippen LogP contribution in [0.25, 0.3) is 0 Å². The third kappa shape index (κ3) is 11.1. The minimum atomic E-state index is -1.12. The molecule has 2 radical (unpaired) electrons. The fraction of sp³-hybridized carbons (Fsp3) is 0. The van der Waals surface area contributed by atoms with Gasteiger partial charge in [-0.05, 0) is 0 Å². The normalized spacial score (nSPS) is 6.50. The Labute approximate surface area is 41.2 Å². The zero-order valence-electron chi connectivity index (χ0n) is 1.67. The molecule has 0 atom stereocenters. The molecule has 1 nitrogen and oxygen atoms in total. The predicted molar refractivity (Wildman–Crippen MR) is 19.1 cm³/mol. The van der Waals surface area contributed by atoms with E-state index in [4.69, 9.17) is 0 Å². The summed E-state index contributed by atoms with van der Waals surface area (Å²) >= 11 is 4.71. The monoisotopic (exact) mass is 207 g/mol. The van der Waals surface area contributed by atoms with Gasteiger partial charge in [0, 0.05) is 0 Å². The van der Waals surface area contributed by atoms with Crippen LogP contribution in [-0.2, 0) is 4.57 Å². The molecule has 0 saturated carbocycles. The van der Waals surface area contributed by atoms with E-state index >= 15 is 0 Å². The summed E-state index contributed by atoms with van der Waals surface area (Å²) in [6.07, 6.45) is 0. The molecule has 0 unspecified atom stereocenters. The molecule has 0 aromatic rings. The average Bonchev–Trinajstić information content (AvgIpc) is 0.811. The molecule has 0 spiro atoms. The first-order valence-electron chi connectivity index (χ1n) is 0.548. The molecular formula is OPSe2+. The van der Waals surface area contributed by atoms with Crippen LogP contribution in [0.4, 0.5) is 0 Å². The fourth-order valence-corrected chi connectivity index (χ4v) is 0. The molecule has 0 aliphatic rings. The Hall–Kier alpha value is 1.14. The van der Waals surface area contributed by atoms with Gasteiger partial charge in [0.1, 0.15) is 0 Å². The minimum absolute atomic E-state index is 1.12. The Morgan fingerprint density at radius 3 is 1.50 bits per heavy atom. The van der Waals surface area contributed by atoms with Crippen molar-refractivity contribution >= 4 is 36.3 Å². The Bertz CT molecular complexity index is 29.0. The van der Waals surface area contributed by atoms with Crippen LogP contribution in [0.15, 0.2) is 0 Å². The first kappa shape index (κ1) is 5.14. The van der Waals surface area contributed by atoms with E-state index in [1.807, 2.05) is 0 Å². The van der Waals surface area contributed by atoms with Gasteiger partial charge in [-0.15, -0.1) is 0 Å². The van der Waals surface area contributed by atoms with Crippen LogP contribution in [-0.4, -0.2) is 31.1 Å². The van der Waals surface area contributed by atoms with E-state index in [0.717, 1.165) is 0 Å². The number of hydrogen-bond acceptors (Lipinski definition) is 1. The molecule has 4 heavy (non-hydrogen) atoms. The molecule has 0 aromatic heterocycles. The molecule has 4 heteroatoms. The standard InChI is InChI=1S/OPSe2/c1-2(3)4/q+1. The van der Waals surface area contributed by atoms with Gasteiger partial charge in [0.05, 0.1) is 0 Å². The molecule has 22 valence electrons. The van der Waals surface area contributed by atoms with Crippen molar-refractivity contribution in [3.05, 3.63) is 0 Å². The molecule has 0 aliphatic carbocycles. The summed E-state index contributed by atoms with van der Waals surface area (Å²) in [4.78, 5) is 0. The van der Waals surface area contributed by atoms with Crippen molar-refractivity contribution in [2.45, 2.75) is 0 Å². The van der Waals surface area contributed by atoms with Crippen molar-refractivity contribution in [2.24, 2.45) is 0 Å². The summed E-state index contributed by atoms with van der Waals surface area (Å²) < 4.78 is 9.48. The average molecular weight is 205 g/mol. The molecule has 0 saturated heterocycles. The summed E-state index contributed by atoms with van der Waals surface area (Å²) in [5.74, 6) is 0. The Kier molecular flexibility index (Phi) is 3.06. The zero-order valence-corrected chi connectivity index (χ0v) is 5.99. The van der Waals surface area contributed by atoms with Crippen molar-refractivity contribution in [3.8, 4) is 0 Å². The van der Waals surface area contributed by atoms with Gasteiger partial charge in [-0.1, -0.05) is 0 Å². The summed E-state index contributed by atoms with van der Waals surface area (Å²) in [7, 11) is 0. The number of hydrogen-bond donors (Lipinski definition) is 0. The molecule has 0 heterocycles. The summed E-state index contributed by atoms with van der Waals surface area (Å²) in [5, 5.41) is -1.12. The third-order valence-corrected chi connectivity index (χ3v) is 0. The van der Waals surface area contributed by atoms with Crippen LogP contribution in [0.3, 0.4) is 0 Å². The van der Waals surface area contributed by atoms with Crippen molar-refractivity contribution in [1.29, 1.82) is 0 Å². The summed E-state index contributed by atoms with van der Waals surface area (Å²) in [6.45, 7) is 0. The van der Waals surface area contributed by atoms with Gasteiger partial charge in [0.25, 0.3) is 0 Å². The van der Waals surface area contributed by atoms with Gasteiger partial charge in [0.15, 0.2) is 0 Å². The van der Waals surface area contributed by atoms with E-state index in [9.17, 15) is 4.57 Å². The van der Waals surface area contributed by atoms with Crippen LogP contribution in [0, 0.1) is 0 Å². The molecule has 0 fully saturated rings. The van der Waals surface area contributed by atoms with Crippen LogP contribution < -0.4 is 0 Å². The Morgan fingerprint density at radius 1 is 1.50 bits per heavy atom. The van der Waals surface area contributed by atoms with Crippen LogP contribution in [0.5, 0.6) is 0 Å². The maximum absolute atomic E-state index is 9.48. The van der Waals surface area contributed by atoms with Crippen LogP contribution >= 0.6 is 5.18 Å². The SMILES string of the molecule is O=[P+]([Se])[Se]. The van der Waals surface area contributed by atoms with Crippen molar-refractivity contribution in [3.63, 3.8) is 0 Å². The molecule has 0 aromatic carbocycles. The van der Waals surface area contributed by atoms with E-state index in [1.54, 1.807) is 0 Å². The Morgan fingerprint density at radius 2 is 1.50 bits per heavy atom. The van der Waals surface area contributed by atoms with Gasteiger partial charge in [-0.3, -0.25) is 0 Å². The molecule has 0 amide bonds. The zero-order chi connectivity index (χ0) is 3.58. The quantitative estimate of drug-likeness (QED) is 0.401. The molecular weight excluding hydrogens is 205 g/mol. The van der Waals surface area contributed by atoms with Gasteiger partial charge < -0.3 is 0 Å². The second-order valence-electron chi connectivity index (χ2n) is 0.224. The second-order valence-corrected chi connectivity index (χ2v) is 8.36. The molecule has 0 rings (SSSR count). The van der Waals surface area contributed by atoms with Gasteiger partial charge in [0.2, 0.25) is 0 Å². The predicted octanol–water partition coefficient (Wildman–Crippen LogP) is -0.0192. The van der Waals surface area contributed by atoms with Crippen molar-refractivity contribution in [1.82, 2.24) is 0 Å².